The number of pyridine rings is 1. The van der Waals surface area contributed by atoms with Gasteiger partial charge in [0.1, 0.15) is 0 Å². The summed E-state index contributed by atoms with van der Waals surface area (Å²) in [5.74, 6) is 0. The highest BCUT2D eigenvalue weighted by Gasteiger charge is 2.25. The first kappa shape index (κ1) is 28.8. The van der Waals surface area contributed by atoms with E-state index in [1.807, 2.05) is 30.1 Å². The first-order valence-electron chi connectivity index (χ1n) is 17.0. The van der Waals surface area contributed by atoms with E-state index in [0.717, 1.165) is 22.5 Å². The highest BCUT2D eigenvalue weighted by molar-refractivity contribution is 7.99. The van der Waals surface area contributed by atoms with Crippen LogP contribution in [-0.2, 0) is 0 Å². The van der Waals surface area contributed by atoms with Crippen molar-refractivity contribution in [3.05, 3.63) is 182 Å². The Hall–Kier alpha value is -6.16. The summed E-state index contributed by atoms with van der Waals surface area (Å²) in [5, 5.41) is 7.69. The maximum absolute atomic E-state index is 4.58. The van der Waals surface area contributed by atoms with Crippen LogP contribution in [0.15, 0.2) is 192 Å². The summed E-state index contributed by atoms with van der Waals surface area (Å²) < 4.78 is 0. The van der Waals surface area contributed by atoms with E-state index in [1.54, 1.807) is 0 Å². The maximum Gasteiger partial charge on any atom is 0.0701 e. The Morgan fingerprint density at radius 2 is 0.860 bits per heavy atom. The van der Waals surface area contributed by atoms with Crippen LogP contribution in [-0.4, -0.2) is 4.98 Å². The molecule has 0 unspecified atom stereocenters. The highest BCUT2D eigenvalue weighted by atomic mass is 32.2. The number of nitrogens with zero attached hydrogens (tertiary/aromatic N) is 2. The number of para-hydroxylation sites is 2. The number of hydrogen-bond donors (Lipinski definition) is 0. The average molecular weight is 655 g/mol. The second-order valence-corrected chi connectivity index (χ2v) is 13.9. The fraction of sp³-hybridized carbons (Fsp3) is 0. The molecule has 0 saturated heterocycles. The fourth-order valence-corrected chi connectivity index (χ4v) is 8.57. The first-order chi connectivity index (χ1) is 24.8. The summed E-state index contributed by atoms with van der Waals surface area (Å²) in [4.78, 5) is 9.51. The van der Waals surface area contributed by atoms with E-state index in [9.17, 15) is 0 Å². The molecular formula is C47H30N2S. The van der Waals surface area contributed by atoms with Crippen molar-refractivity contribution >= 4 is 61.1 Å². The number of hydrogen-bond acceptors (Lipinski definition) is 3. The zero-order valence-electron chi connectivity index (χ0n) is 27.1. The zero-order chi connectivity index (χ0) is 33.0. The van der Waals surface area contributed by atoms with Crippen molar-refractivity contribution in [1.82, 2.24) is 4.98 Å². The molecule has 0 radical (unpaired) electrons. The van der Waals surface area contributed by atoms with Crippen LogP contribution in [0.25, 0.3) is 65.8 Å². The lowest BCUT2D eigenvalue weighted by molar-refractivity contribution is 1.17. The first-order valence-corrected chi connectivity index (χ1v) is 17.8. The summed E-state index contributed by atoms with van der Waals surface area (Å²) in [6, 6.07) is 64.0. The van der Waals surface area contributed by atoms with Gasteiger partial charge >= 0.3 is 0 Å². The molecule has 0 amide bonds. The molecule has 0 fully saturated rings. The van der Waals surface area contributed by atoms with Crippen LogP contribution in [0.4, 0.5) is 17.1 Å². The molecule has 1 aromatic heterocycles. The second kappa shape index (κ2) is 11.8. The Labute approximate surface area is 295 Å². The molecule has 10 rings (SSSR count). The molecule has 1 aliphatic heterocycles. The number of rotatable bonds is 4. The molecule has 2 heterocycles. The van der Waals surface area contributed by atoms with Crippen molar-refractivity contribution in [3.8, 4) is 33.5 Å². The van der Waals surface area contributed by atoms with Gasteiger partial charge in [0.25, 0.3) is 0 Å². The molecule has 0 N–H and O–H groups in total. The molecule has 0 atom stereocenters. The second-order valence-electron chi connectivity index (χ2n) is 12.8. The van der Waals surface area contributed by atoms with E-state index in [1.165, 1.54) is 70.2 Å². The molecule has 0 saturated carbocycles. The predicted molar refractivity (Wildman–Crippen MR) is 212 cm³/mol. The number of anilines is 3. The van der Waals surface area contributed by atoms with Crippen LogP contribution < -0.4 is 4.90 Å². The van der Waals surface area contributed by atoms with E-state index in [0.29, 0.717) is 0 Å². The van der Waals surface area contributed by atoms with Crippen LogP contribution in [0.3, 0.4) is 0 Å². The summed E-state index contributed by atoms with van der Waals surface area (Å²) in [7, 11) is 0. The molecule has 0 bridgehead atoms. The van der Waals surface area contributed by atoms with Gasteiger partial charge in [0.2, 0.25) is 0 Å². The third kappa shape index (κ3) is 4.78. The number of benzene rings is 8. The molecule has 2 nitrogen and oxygen atoms in total. The van der Waals surface area contributed by atoms with E-state index < -0.39 is 0 Å². The minimum absolute atomic E-state index is 0.975. The SMILES string of the molecule is c1ccc(-c2ccc(-c3cc(-c4ccc5c6ccccc6c6ccccc6c5c4)cc(N4c5ccccc5Sc5ccccc54)c3)cc2)nc1. The van der Waals surface area contributed by atoms with Gasteiger partial charge in [0, 0.05) is 27.2 Å². The van der Waals surface area contributed by atoms with Crippen molar-refractivity contribution in [1.29, 1.82) is 0 Å². The molecule has 0 spiro atoms. The predicted octanol–water partition coefficient (Wildman–Crippen LogP) is 13.5. The monoisotopic (exact) mass is 654 g/mol. The van der Waals surface area contributed by atoms with Gasteiger partial charge in [-0.1, -0.05) is 127 Å². The Bertz CT molecular complexity index is 2650. The topological polar surface area (TPSA) is 16.1 Å². The van der Waals surface area contributed by atoms with Gasteiger partial charge < -0.3 is 4.90 Å². The highest BCUT2D eigenvalue weighted by Crippen LogP contribution is 2.52. The molecule has 9 aromatic rings. The smallest absolute Gasteiger partial charge is 0.0701 e. The largest absolute Gasteiger partial charge is 0.308 e. The van der Waals surface area contributed by atoms with Crippen LogP contribution in [0, 0.1) is 0 Å². The lowest BCUT2D eigenvalue weighted by Crippen LogP contribution is -2.14. The van der Waals surface area contributed by atoms with Crippen molar-refractivity contribution in [2.24, 2.45) is 0 Å². The third-order valence-electron chi connectivity index (χ3n) is 9.86. The summed E-state index contributed by atoms with van der Waals surface area (Å²) >= 11 is 1.84. The normalized spacial score (nSPS) is 12.3. The van der Waals surface area contributed by atoms with E-state index in [-0.39, 0.29) is 0 Å². The van der Waals surface area contributed by atoms with E-state index in [2.05, 4.69) is 174 Å². The van der Waals surface area contributed by atoms with Gasteiger partial charge in [-0.25, -0.2) is 0 Å². The van der Waals surface area contributed by atoms with Crippen molar-refractivity contribution in [2.45, 2.75) is 9.79 Å². The third-order valence-corrected chi connectivity index (χ3v) is 11.0. The Morgan fingerprint density at radius 3 is 1.48 bits per heavy atom. The van der Waals surface area contributed by atoms with Gasteiger partial charge in [-0.2, -0.15) is 0 Å². The molecule has 50 heavy (non-hydrogen) atoms. The molecular weight excluding hydrogens is 625 g/mol. The van der Waals surface area contributed by atoms with Gasteiger partial charge in [-0.3, -0.25) is 4.98 Å². The molecule has 8 aromatic carbocycles. The van der Waals surface area contributed by atoms with Gasteiger partial charge in [0.05, 0.1) is 17.1 Å². The number of aromatic nitrogens is 1. The summed E-state index contributed by atoms with van der Waals surface area (Å²) in [5.41, 5.74) is 10.3. The minimum Gasteiger partial charge on any atom is -0.308 e. The Kier molecular flexibility index (Phi) is 6.78. The molecule has 0 aliphatic carbocycles. The van der Waals surface area contributed by atoms with Crippen molar-refractivity contribution < 1.29 is 0 Å². The van der Waals surface area contributed by atoms with Gasteiger partial charge in [-0.05, 0) is 115 Å². The maximum atomic E-state index is 4.58. The molecule has 3 heteroatoms. The average Bonchev–Trinajstić information content (AvgIpc) is 3.20. The van der Waals surface area contributed by atoms with E-state index in [4.69, 9.17) is 0 Å². The zero-order valence-corrected chi connectivity index (χ0v) is 27.9. The lowest BCUT2D eigenvalue weighted by atomic mass is 9.91. The number of fused-ring (bicyclic) bond motifs is 8. The van der Waals surface area contributed by atoms with Gasteiger partial charge in [0.15, 0.2) is 0 Å². The quantitative estimate of drug-likeness (QED) is 0.176. The standard InChI is InChI=1S/C47H30N2S/c1-2-13-39-37(11-1)38-12-3-4-14-40(38)42-30-33(24-25-41(39)42)35-27-34(31-20-22-32(23-21-31)43-15-9-10-26-48-43)28-36(29-35)49-44-16-5-7-18-46(44)50-47-19-8-6-17-45(47)49/h1-30H. The van der Waals surface area contributed by atoms with Crippen LogP contribution in [0.2, 0.25) is 0 Å². The Morgan fingerprint density at radius 1 is 0.360 bits per heavy atom. The van der Waals surface area contributed by atoms with Crippen molar-refractivity contribution in [2.75, 3.05) is 4.90 Å². The molecule has 1 aliphatic rings. The Balaban J connectivity index is 1.20. The van der Waals surface area contributed by atoms with Crippen LogP contribution in [0.1, 0.15) is 0 Å². The minimum atomic E-state index is 0.975. The summed E-state index contributed by atoms with van der Waals surface area (Å²) in [6.45, 7) is 0. The summed E-state index contributed by atoms with van der Waals surface area (Å²) in [6.07, 6.45) is 1.85. The van der Waals surface area contributed by atoms with E-state index >= 15 is 0 Å². The van der Waals surface area contributed by atoms with Crippen LogP contribution >= 0.6 is 11.8 Å². The van der Waals surface area contributed by atoms with Gasteiger partial charge in [-0.15, -0.1) is 0 Å². The lowest BCUT2D eigenvalue weighted by Gasteiger charge is -2.33. The fourth-order valence-electron chi connectivity index (χ4n) is 7.51. The van der Waals surface area contributed by atoms with Crippen molar-refractivity contribution in [3.63, 3.8) is 0 Å². The van der Waals surface area contributed by atoms with Crippen LogP contribution in [0.5, 0.6) is 0 Å². The molecule has 234 valence electrons.